The number of carbonyl (C=O) groups excluding carboxylic acids is 1. The van der Waals surface area contributed by atoms with E-state index >= 15 is 0 Å². The highest BCUT2D eigenvalue weighted by molar-refractivity contribution is 5.64. The molecule has 2 rings (SSSR count). The molecule has 0 aliphatic carbocycles. The largest absolute Gasteiger partial charge is 0.487 e. The molecule has 0 saturated carbocycles. The van der Waals surface area contributed by atoms with Crippen molar-refractivity contribution in [2.75, 3.05) is 6.61 Å². The first-order chi connectivity index (χ1) is 7.25. The van der Waals surface area contributed by atoms with Gasteiger partial charge in [0.2, 0.25) is 0 Å². The van der Waals surface area contributed by atoms with Crippen molar-refractivity contribution in [1.29, 1.82) is 0 Å². The second-order valence-electron chi connectivity index (χ2n) is 3.52. The summed E-state index contributed by atoms with van der Waals surface area (Å²) in [6.45, 7) is 0.226. The first kappa shape index (κ1) is 9.83. The lowest BCUT2D eigenvalue weighted by Crippen LogP contribution is -2.30. The van der Waals surface area contributed by atoms with Crippen molar-refractivity contribution < 1.29 is 14.3 Å². The number of carbonyl (C=O) groups is 1. The molecule has 80 valence electrons. The lowest BCUT2D eigenvalue weighted by atomic mass is 10.0. The number of ether oxygens (including phenoxy) is 2. The second kappa shape index (κ2) is 4.21. The number of aryl methyl sites for hydroxylation is 1. The quantitative estimate of drug-likeness (QED) is 0.798. The van der Waals surface area contributed by atoms with Gasteiger partial charge in [-0.2, -0.15) is 0 Å². The molecule has 15 heavy (non-hydrogen) atoms. The van der Waals surface area contributed by atoms with Gasteiger partial charge in [0.25, 0.3) is 0 Å². The molecule has 1 atom stereocenters. The van der Waals surface area contributed by atoms with Crippen molar-refractivity contribution in [3.8, 4) is 5.75 Å². The number of primary amides is 1. The van der Waals surface area contributed by atoms with Crippen LogP contribution < -0.4 is 10.5 Å². The van der Waals surface area contributed by atoms with Crippen LogP contribution in [0.2, 0.25) is 0 Å². The maximum atomic E-state index is 10.4. The molecule has 0 radical (unpaired) electrons. The third-order valence-corrected chi connectivity index (χ3v) is 2.41. The molecule has 0 aromatic heterocycles. The van der Waals surface area contributed by atoms with Gasteiger partial charge in [0.1, 0.15) is 18.5 Å². The number of amides is 1. The van der Waals surface area contributed by atoms with Gasteiger partial charge < -0.3 is 15.2 Å². The van der Waals surface area contributed by atoms with Gasteiger partial charge in [-0.05, 0) is 24.5 Å². The molecule has 4 heteroatoms. The molecule has 1 aliphatic heterocycles. The minimum Gasteiger partial charge on any atom is -0.487 e. The Kier molecular flexibility index (Phi) is 2.76. The van der Waals surface area contributed by atoms with E-state index in [1.165, 1.54) is 5.56 Å². The van der Waals surface area contributed by atoms with E-state index in [9.17, 15) is 4.79 Å². The third-order valence-electron chi connectivity index (χ3n) is 2.41. The van der Waals surface area contributed by atoms with Crippen molar-refractivity contribution in [2.24, 2.45) is 5.73 Å². The molecule has 0 saturated heterocycles. The van der Waals surface area contributed by atoms with E-state index in [4.69, 9.17) is 15.2 Å². The first-order valence-corrected chi connectivity index (χ1v) is 4.92. The van der Waals surface area contributed by atoms with E-state index in [1.54, 1.807) is 0 Å². The Balaban J connectivity index is 1.96. The lowest BCUT2D eigenvalue weighted by molar-refractivity contribution is 0.0756. The average Bonchev–Trinajstić information content (AvgIpc) is 2.26. The number of para-hydroxylation sites is 1. The highest BCUT2D eigenvalue weighted by Gasteiger charge is 2.20. The van der Waals surface area contributed by atoms with Crippen LogP contribution in [0.15, 0.2) is 24.3 Å². The topological polar surface area (TPSA) is 61.6 Å². The lowest BCUT2D eigenvalue weighted by Gasteiger charge is -2.25. The molecule has 1 heterocycles. The number of hydrogen-bond acceptors (Lipinski definition) is 3. The number of hydrogen-bond donors (Lipinski definition) is 1. The maximum Gasteiger partial charge on any atom is 0.404 e. The Bertz CT molecular complexity index is 365. The molecule has 2 N–H and O–H groups in total. The van der Waals surface area contributed by atoms with Crippen LogP contribution in [0, 0.1) is 0 Å². The van der Waals surface area contributed by atoms with E-state index in [2.05, 4.69) is 0 Å². The second-order valence-corrected chi connectivity index (χ2v) is 3.52. The van der Waals surface area contributed by atoms with Crippen LogP contribution in [0.1, 0.15) is 12.0 Å². The molecule has 0 fully saturated rings. The number of nitrogens with two attached hydrogens (primary N) is 1. The summed E-state index contributed by atoms with van der Waals surface area (Å²) in [5.74, 6) is 0.877. The van der Waals surface area contributed by atoms with Gasteiger partial charge in [-0.3, -0.25) is 0 Å². The van der Waals surface area contributed by atoms with Crippen LogP contribution in [-0.2, 0) is 11.2 Å². The van der Waals surface area contributed by atoms with Gasteiger partial charge in [-0.1, -0.05) is 18.2 Å². The number of benzene rings is 1. The minimum atomic E-state index is -0.752. The molecular weight excluding hydrogens is 194 g/mol. The molecular formula is C11H13NO3. The summed E-state index contributed by atoms with van der Waals surface area (Å²) in [4.78, 5) is 10.4. The highest BCUT2D eigenvalue weighted by Crippen LogP contribution is 2.26. The SMILES string of the molecule is NC(=O)OCC1CCc2ccccc2O1. The van der Waals surface area contributed by atoms with Crippen molar-refractivity contribution in [2.45, 2.75) is 18.9 Å². The fourth-order valence-electron chi connectivity index (χ4n) is 1.67. The van der Waals surface area contributed by atoms with Crippen molar-refractivity contribution in [3.63, 3.8) is 0 Å². The fourth-order valence-corrected chi connectivity index (χ4v) is 1.67. The van der Waals surface area contributed by atoms with Crippen LogP contribution in [0.5, 0.6) is 5.75 Å². The summed E-state index contributed by atoms with van der Waals surface area (Å²) in [5.41, 5.74) is 6.09. The predicted molar refractivity (Wildman–Crippen MR) is 54.7 cm³/mol. The zero-order valence-electron chi connectivity index (χ0n) is 8.31. The summed E-state index contributed by atoms with van der Waals surface area (Å²) in [5, 5.41) is 0. The predicted octanol–water partition coefficient (Wildman–Crippen LogP) is 1.48. The smallest absolute Gasteiger partial charge is 0.404 e. The van der Waals surface area contributed by atoms with Gasteiger partial charge in [0, 0.05) is 0 Å². The Hall–Kier alpha value is -1.71. The summed E-state index contributed by atoms with van der Waals surface area (Å²) in [6, 6.07) is 7.88. The van der Waals surface area contributed by atoms with Crippen LogP contribution >= 0.6 is 0 Å². The summed E-state index contributed by atoms with van der Waals surface area (Å²) in [6.07, 6.45) is 0.970. The van der Waals surface area contributed by atoms with E-state index in [1.807, 2.05) is 24.3 Å². The van der Waals surface area contributed by atoms with Gasteiger partial charge >= 0.3 is 6.09 Å². The molecule has 0 spiro atoms. The van der Waals surface area contributed by atoms with Gasteiger partial charge in [0.15, 0.2) is 0 Å². The standard InChI is InChI=1S/C11H13NO3/c12-11(13)14-7-9-6-5-8-3-1-2-4-10(8)15-9/h1-4,9H,5-7H2,(H2,12,13). The Morgan fingerprint density at radius 2 is 2.33 bits per heavy atom. The molecule has 1 aromatic carbocycles. The van der Waals surface area contributed by atoms with E-state index in [0.29, 0.717) is 0 Å². The Morgan fingerprint density at radius 3 is 3.13 bits per heavy atom. The van der Waals surface area contributed by atoms with Crippen LogP contribution in [0.3, 0.4) is 0 Å². The average molecular weight is 207 g/mol. The van der Waals surface area contributed by atoms with Gasteiger partial charge in [-0.25, -0.2) is 4.79 Å². The van der Waals surface area contributed by atoms with Crippen molar-refractivity contribution >= 4 is 6.09 Å². The molecule has 0 bridgehead atoms. The molecule has 4 nitrogen and oxygen atoms in total. The normalized spacial score (nSPS) is 18.8. The highest BCUT2D eigenvalue weighted by atomic mass is 16.6. The van der Waals surface area contributed by atoms with E-state index in [0.717, 1.165) is 18.6 Å². The van der Waals surface area contributed by atoms with Crippen LogP contribution in [-0.4, -0.2) is 18.8 Å². The maximum absolute atomic E-state index is 10.4. The van der Waals surface area contributed by atoms with E-state index < -0.39 is 6.09 Å². The van der Waals surface area contributed by atoms with Gasteiger partial charge in [0.05, 0.1) is 0 Å². The fraction of sp³-hybridized carbons (Fsp3) is 0.364. The zero-order valence-corrected chi connectivity index (χ0v) is 8.31. The molecule has 1 amide bonds. The zero-order chi connectivity index (χ0) is 10.7. The van der Waals surface area contributed by atoms with Gasteiger partial charge in [-0.15, -0.1) is 0 Å². The molecule has 1 aromatic rings. The Morgan fingerprint density at radius 1 is 1.53 bits per heavy atom. The van der Waals surface area contributed by atoms with Crippen molar-refractivity contribution in [1.82, 2.24) is 0 Å². The summed E-state index contributed by atoms with van der Waals surface area (Å²) >= 11 is 0. The van der Waals surface area contributed by atoms with E-state index in [-0.39, 0.29) is 12.7 Å². The van der Waals surface area contributed by atoms with Crippen LogP contribution in [0.4, 0.5) is 4.79 Å². The number of rotatable bonds is 2. The summed E-state index contributed by atoms with van der Waals surface area (Å²) in [7, 11) is 0. The monoisotopic (exact) mass is 207 g/mol. The number of fused-ring (bicyclic) bond motifs is 1. The summed E-state index contributed by atoms with van der Waals surface area (Å²) < 4.78 is 10.4. The first-order valence-electron chi connectivity index (χ1n) is 4.92. The molecule has 1 aliphatic rings. The Labute approximate surface area is 88.0 Å². The molecule has 1 unspecified atom stereocenters. The van der Waals surface area contributed by atoms with Crippen molar-refractivity contribution in [3.05, 3.63) is 29.8 Å². The minimum absolute atomic E-state index is 0.0765. The van der Waals surface area contributed by atoms with Crippen LogP contribution in [0.25, 0.3) is 0 Å². The third kappa shape index (κ3) is 2.40.